The van der Waals surface area contributed by atoms with Crippen LogP contribution in [0.5, 0.6) is 0 Å². The highest BCUT2D eigenvalue weighted by atomic mass is 32.1. The van der Waals surface area contributed by atoms with E-state index in [1.165, 1.54) is 11.1 Å². The summed E-state index contributed by atoms with van der Waals surface area (Å²) in [7, 11) is 0. The van der Waals surface area contributed by atoms with Crippen molar-refractivity contribution in [3.8, 4) is 0 Å². The van der Waals surface area contributed by atoms with E-state index in [0.29, 0.717) is 17.8 Å². The van der Waals surface area contributed by atoms with E-state index in [-0.39, 0.29) is 0 Å². The van der Waals surface area contributed by atoms with Gasteiger partial charge in [0.25, 0.3) is 0 Å². The highest BCUT2D eigenvalue weighted by Crippen LogP contribution is 2.25. The lowest BCUT2D eigenvalue weighted by Gasteiger charge is -2.14. The molecule has 0 nitrogen and oxygen atoms in total. The minimum absolute atomic E-state index is 0.421. The van der Waals surface area contributed by atoms with Gasteiger partial charge in [0.2, 0.25) is 0 Å². The largest absolute Gasteiger partial charge is 0.144 e. The molecule has 0 aliphatic heterocycles. The van der Waals surface area contributed by atoms with E-state index in [9.17, 15) is 0 Å². The molecule has 0 heterocycles. The summed E-state index contributed by atoms with van der Waals surface area (Å²) in [5, 5.41) is 0. The monoisotopic (exact) mass is 346 g/mol. The number of aryl methyl sites for hydroxylation is 1. The van der Waals surface area contributed by atoms with Gasteiger partial charge in [0.1, 0.15) is 0 Å². The fourth-order valence-electron chi connectivity index (χ4n) is 2.11. The lowest BCUT2D eigenvalue weighted by molar-refractivity contribution is 0.560. The Morgan fingerprint density at radius 3 is 2.17 bits per heavy atom. The molecule has 0 aromatic heterocycles. The number of allylic oxidation sites excluding steroid dienone is 4. The van der Waals surface area contributed by atoms with Crippen molar-refractivity contribution in [1.29, 1.82) is 0 Å². The van der Waals surface area contributed by atoms with E-state index in [1.807, 2.05) is 0 Å². The molecule has 0 saturated heterocycles. The van der Waals surface area contributed by atoms with Gasteiger partial charge in [-0.05, 0) is 35.1 Å². The van der Waals surface area contributed by atoms with Gasteiger partial charge in [-0.15, -0.1) is 25.3 Å². The SMILES string of the molecule is CCC(C)/C=C(S)/C=C/C(C)C(C)/C=C(\S)c1ccc(C)cc1. The number of benzene rings is 1. The van der Waals surface area contributed by atoms with Crippen LogP contribution in [0.15, 0.2) is 53.5 Å². The van der Waals surface area contributed by atoms with Crippen molar-refractivity contribution in [2.75, 3.05) is 0 Å². The molecule has 0 aliphatic carbocycles. The first-order valence-corrected chi connectivity index (χ1v) is 9.29. The molecule has 1 aromatic carbocycles. The molecule has 0 saturated carbocycles. The zero-order valence-corrected chi connectivity index (χ0v) is 16.7. The Balaban J connectivity index is 2.72. The third kappa shape index (κ3) is 7.50. The van der Waals surface area contributed by atoms with Crippen molar-refractivity contribution in [3.05, 3.63) is 64.6 Å². The maximum Gasteiger partial charge on any atom is 0.00754 e. The Morgan fingerprint density at radius 2 is 1.61 bits per heavy atom. The zero-order valence-electron chi connectivity index (χ0n) is 15.0. The molecule has 2 heteroatoms. The fourth-order valence-corrected chi connectivity index (χ4v) is 2.84. The molecule has 0 bridgehead atoms. The lowest BCUT2D eigenvalue weighted by atomic mass is 9.94. The van der Waals surface area contributed by atoms with E-state index >= 15 is 0 Å². The maximum absolute atomic E-state index is 4.66. The molecule has 3 unspecified atom stereocenters. The molecule has 1 aromatic rings. The van der Waals surface area contributed by atoms with Crippen LogP contribution in [0.3, 0.4) is 0 Å². The predicted octanol–water partition coefficient (Wildman–Crippen LogP) is 6.95. The van der Waals surface area contributed by atoms with Crippen molar-refractivity contribution >= 4 is 30.2 Å². The summed E-state index contributed by atoms with van der Waals surface area (Å²) < 4.78 is 0. The number of hydrogen-bond acceptors (Lipinski definition) is 2. The number of rotatable bonds is 7. The molecule has 23 heavy (non-hydrogen) atoms. The highest BCUT2D eigenvalue weighted by Gasteiger charge is 2.08. The molecular formula is C21H30S2. The lowest BCUT2D eigenvalue weighted by Crippen LogP contribution is -2.02. The molecule has 0 fully saturated rings. The van der Waals surface area contributed by atoms with E-state index in [0.717, 1.165) is 16.2 Å². The van der Waals surface area contributed by atoms with Crippen LogP contribution >= 0.6 is 25.3 Å². The number of thiol groups is 2. The molecule has 0 radical (unpaired) electrons. The smallest absolute Gasteiger partial charge is 0.00754 e. The van der Waals surface area contributed by atoms with Gasteiger partial charge < -0.3 is 0 Å². The van der Waals surface area contributed by atoms with Crippen LogP contribution in [0.25, 0.3) is 4.91 Å². The molecule has 0 aliphatic rings. The average Bonchev–Trinajstić information content (AvgIpc) is 2.52. The summed E-state index contributed by atoms with van der Waals surface area (Å²) in [5.41, 5.74) is 2.45. The molecule has 0 spiro atoms. The van der Waals surface area contributed by atoms with Gasteiger partial charge in [-0.2, -0.15) is 0 Å². The van der Waals surface area contributed by atoms with Gasteiger partial charge in [0.15, 0.2) is 0 Å². The normalized spacial score (nSPS) is 17.3. The van der Waals surface area contributed by atoms with Crippen LogP contribution in [-0.2, 0) is 0 Å². The summed E-state index contributed by atoms with van der Waals surface area (Å²) in [5.74, 6) is 1.44. The Kier molecular flexibility index (Phi) is 8.86. The topological polar surface area (TPSA) is 0 Å². The average molecular weight is 347 g/mol. The Labute approximate surface area is 153 Å². The predicted molar refractivity (Wildman–Crippen MR) is 112 cm³/mol. The van der Waals surface area contributed by atoms with E-state index in [2.05, 4.69) is 108 Å². The summed E-state index contributed by atoms with van der Waals surface area (Å²) >= 11 is 9.21. The van der Waals surface area contributed by atoms with Crippen LogP contribution < -0.4 is 0 Å². The van der Waals surface area contributed by atoms with Gasteiger partial charge in [-0.25, -0.2) is 0 Å². The van der Waals surface area contributed by atoms with Crippen LogP contribution in [-0.4, -0.2) is 0 Å². The Bertz CT molecular complexity index is 564. The summed E-state index contributed by atoms with van der Waals surface area (Å²) in [6.07, 6.45) is 9.95. The standard InChI is InChI=1S/C21H30S2/c1-6-15(2)13-20(22)12-9-17(4)18(5)14-21(23)19-10-7-16(3)8-11-19/h7-15,17-18,22-23H,6H2,1-5H3/b12-9+,20-13-,21-14-. The molecule has 0 N–H and O–H groups in total. The van der Waals surface area contributed by atoms with Crippen LogP contribution in [0.2, 0.25) is 0 Å². The van der Waals surface area contributed by atoms with Crippen molar-refractivity contribution < 1.29 is 0 Å². The second-order valence-corrected chi connectivity index (χ2v) is 7.47. The van der Waals surface area contributed by atoms with Gasteiger partial charge in [-0.3, -0.25) is 0 Å². The van der Waals surface area contributed by atoms with Crippen molar-refractivity contribution in [2.45, 2.75) is 41.0 Å². The van der Waals surface area contributed by atoms with Crippen LogP contribution in [0, 0.1) is 24.7 Å². The first-order chi connectivity index (χ1) is 10.8. The molecular weight excluding hydrogens is 316 g/mol. The van der Waals surface area contributed by atoms with Crippen LogP contribution in [0.1, 0.15) is 45.2 Å². The quantitative estimate of drug-likeness (QED) is 0.387. The summed E-state index contributed by atoms with van der Waals surface area (Å²) in [4.78, 5) is 2.09. The van der Waals surface area contributed by atoms with E-state index in [4.69, 9.17) is 0 Å². The first kappa shape index (κ1) is 20.2. The summed E-state index contributed by atoms with van der Waals surface area (Å²) in [6.45, 7) is 11.0. The Hall–Kier alpha value is -0.860. The highest BCUT2D eigenvalue weighted by molar-refractivity contribution is 7.90. The van der Waals surface area contributed by atoms with Crippen molar-refractivity contribution in [1.82, 2.24) is 0 Å². The van der Waals surface area contributed by atoms with Gasteiger partial charge in [0, 0.05) is 4.91 Å². The third-order valence-corrected chi connectivity index (χ3v) is 4.97. The second kappa shape index (κ2) is 10.1. The van der Waals surface area contributed by atoms with Crippen molar-refractivity contribution in [2.24, 2.45) is 17.8 Å². The van der Waals surface area contributed by atoms with Crippen LogP contribution in [0.4, 0.5) is 0 Å². The molecule has 126 valence electrons. The molecule has 1 rings (SSSR count). The van der Waals surface area contributed by atoms with Gasteiger partial charge in [0.05, 0.1) is 0 Å². The fraction of sp³-hybridized carbons (Fsp3) is 0.429. The Morgan fingerprint density at radius 1 is 1.00 bits per heavy atom. The zero-order chi connectivity index (χ0) is 17.4. The van der Waals surface area contributed by atoms with E-state index in [1.54, 1.807) is 0 Å². The van der Waals surface area contributed by atoms with Crippen molar-refractivity contribution in [3.63, 3.8) is 0 Å². The summed E-state index contributed by atoms with van der Waals surface area (Å²) in [6, 6.07) is 8.50. The first-order valence-electron chi connectivity index (χ1n) is 8.40. The third-order valence-electron chi connectivity index (χ3n) is 4.27. The maximum atomic E-state index is 4.66. The second-order valence-electron chi connectivity index (χ2n) is 6.47. The minimum Gasteiger partial charge on any atom is -0.144 e. The van der Waals surface area contributed by atoms with Gasteiger partial charge >= 0.3 is 0 Å². The minimum atomic E-state index is 0.421. The van der Waals surface area contributed by atoms with Gasteiger partial charge in [-0.1, -0.05) is 88.2 Å². The van der Waals surface area contributed by atoms with E-state index < -0.39 is 0 Å². The molecule has 3 atom stereocenters. The number of hydrogen-bond donors (Lipinski definition) is 2. The molecule has 0 amide bonds.